The zero-order chi connectivity index (χ0) is 11.4. The minimum atomic E-state index is 0.361. The van der Waals surface area contributed by atoms with E-state index in [0.29, 0.717) is 12.1 Å². The molecule has 0 aromatic carbocycles. The highest BCUT2D eigenvalue weighted by molar-refractivity contribution is 7.09. The van der Waals surface area contributed by atoms with Gasteiger partial charge in [0.1, 0.15) is 5.01 Å². The van der Waals surface area contributed by atoms with Crippen LogP contribution in [0, 0.1) is 6.92 Å². The second kappa shape index (κ2) is 5.75. The van der Waals surface area contributed by atoms with Crippen LogP contribution in [0.3, 0.4) is 0 Å². The fourth-order valence-electron chi connectivity index (χ4n) is 1.99. The molecule has 0 saturated carbocycles. The van der Waals surface area contributed by atoms with E-state index < -0.39 is 0 Å². The molecule has 2 heterocycles. The molecule has 90 valence electrons. The summed E-state index contributed by atoms with van der Waals surface area (Å²) in [4.78, 5) is 4.49. The van der Waals surface area contributed by atoms with Gasteiger partial charge in [-0.1, -0.05) is 0 Å². The third kappa shape index (κ3) is 3.27. The highest BCUT2D eigenvalue weighted by atomic mass is 32.1. The van der Waals surface area contributed by atoms with E-state index in [9.17, 15) is 0 Å². The first-order valence-corrected chi connectivity index (χ1v) is 6.90. The lowest BCUT2D eigenvalue weighted by Gasteiger charge is -2.13. The molecule has 0 bridgehead atoms. The zero-order valence-corrected chi connectivity index (χ0v) is 10.8. The molecule has 2 unspecified atom stereocenters. The van der Waals surface area contributed by atoms with Gasteiger partial charge in [0, 0.05) is 17.7 Å². The highest BCUT2D eigenvalue weighted by Gasteiger charge is 2.15. The monoisotopic (exact) mass is 240 g/mol. The molecule has 0 aliphatic carbocycles. The predicted molar refractivity (Wildman–Crippen MR) is 66.9 cm³/mol. The summed E-state index contributed by atoms with van der Waals surface area (Å²) in [5.41, 5.74) is 1.12. The van der Waals surface area contributed by atoms with Crippen molar-refractivity contribution in [2.24, 2.45) is 0 Å². The number of nitrogens with zero attached hydrogens (tertiary/aromatic N) is 1. The van der Waals surface area contributed by atoms with Gasteiger partial charge in [0.05, 0.1) is 12.1 Å². The van der Waals surface area contributed by atoms with Crippen molar-refractivity contribution in [3.8, 4) is 0 Å². The summed E-state index contributed by atoms with van der Waals surface area (Å²) in [7, 11) is 0. The van der Waals surface area contributed by atoms with Crippen LogP contribution in [0.1, 0.15) is 42.9 Å². The Bertz CT molecular complexity index is 321. The molecule has 1 aromatic heterocycles. The molecule has 0 amide bonds. The average molecular weight is 240 g/mol. The fourth-order valence-corrected chi connectivity index (χ4v) is 2.82. The molecule has 3 nitrogen and oxygen atoms in total. The number of hydrogen-bond acceptors (Lipinski definition) is 4. The van der Waals surface area contributed by atoms with Gasteiger partial charge in [-0.15, -0.1) is 11.3 Å². The number of thiazole rings is 1. The van der Waals surface area contributed by atoms with E-state index in [1.54, 1.807) is 11.3 Å². The maximum atomic E-state index is 5.59. The first kappa shape index (κ1) is 12.0. The summed E-state index contributed by atoms with van der Waals surface area (Å²) >= 11 is 1.74. The minimum Gasteiger partial charge on any atom is -0.378 e. The average Bonchev–Trinajstić information content (AvgIpc) is 2.89. The van der Waals surface area contributed by atoms with Gasteiger partial charge in [-0.2, -0.15) is 0 Å². The largest absolute Gasteiger partial charge is 0.378 e. The van der Waals surface area contributed by atoms with Crippen LogP contribution in [-0.4, -0.2) is 24.2 Å². The van der Waals surface area contributed by atoms with Gasteiger partial charge in [0.15, 0.2) is 0 Å². The van der Waals surface area contributed by atoms with Gasteiger partial charge in [-0.05, 0) is 39.7 Å². The molecule has 16 heavy (non-hydrogen) atoms. The topological polar surface area (TPSA) is 34.1 Å². The second-order valence-electron chi connectivity index (χ2n) is 4.43. The third-order valence-electron chi connectivity index (χ3n) is 2.95. The molecule has 1 aliphatic heterocycles. The van der Waals surface area contributed by atoms with E-state index in [-0.39, 0.29) is 0 Å². The maximum absolute atomic E-state index is 5.59. The van der Waals surface area contributed by atoms with Gasteiger partial charge in [-0.25, -0.2) is 4.98 Å². The van der Waals surface area contributed by atoms with Crippen molar-refractivity contribution in [2.45, 2.75) is 45.3 Å². The number of nitrogens with one attached hydrogen (secondary N) is 1. The van der Waals surface area contributed by atoms with Crippen LogP contribution in [0.2, 0.25) is 0 Å². The van der Waals surface area contributed by atoms with Crippen molar-refractivity contribution in [1.82, 2.24) is 10.3 Å². The quantitative estimate of drug-likeness (QED) is 0.859. The Morgan fingerprint density at radius 1 is 1.69 bits per heavy atom. The molecule has 0 spiro atoms. The summed E-state index contributed by atoms with van der Waals surface area (Å²) < 4.78 is 5.59. The van der Waals surface area contributed by atoms with Crippen molar-refractivity contribution in [1.29, 1.82) is 0 Å². The Balaban J connectivity index is 1.69. The van der Waals surface area contributed by atoms with Crippen LogP contribution in [0.5, 0.6) is 0 Å². The molecule has 1 N–H and O–H groups in total. The first-order valence-electron chi connectivity index (χ1n) is 6.02. The van der Waals surface area contributed by atoms with Crippen LogP contribution in [0.25, 0.3) is 0 Å². The van der Waals surface area contributed by atoms with Crippen LogP contribution in [0.4, 0.5) is 0 Å². The Morgan fingerprint density at radius 2 is 2.56 bits per heavy atom. The summed E-state index contributed by atoms with van der Waals surface area (Å²) in [6.45, 7) is 6.18. The van der Waals surface area contributed by atoms with Crippen LogP contribution in [0.15, 0.2) is 5.38 Å². The van der Waals surface area contributed by atoms with Crippen molar-refractivity contribution in [3.63, 3.8) is 0 Å². The summed E-state index contributed by atoms with van der Waals surface area (Å²) in [5, 5.41) is 6.80. The van der Waals surface area contributed by atoms with E-state index in [2.05, 4.69) is 22.6 Å². The van der Waals surface area contributed by atoms with Crippen molar-refractivity contribution >= 4 is 11.3 Å². The molecule has 1 fully saturated rings. The molecule has 1 saturated heterocycles. The van der Waals surface area contributed by atoms with Crippen LogP contribution >= 0.6 is 11.3 Å². The molecule has 2 rings (SSSR count). The van der Waals surface area contributed by atoms with Gasteiger partial charge >= 0.3 is 0 Å². The number of aryl methyl sites for hydroxylation is 1. The van der Waals surface area contributed by atoms with Crippen molar-refractivity contribution < 1.29 is 4.74 Å². The molecule has 4 heteroatoms. The van der Waals surface area contributed by atoms with E-state index in [4.69, 9.17) is 4.74 Å². The first-order chi connectivity index (χ1) is 7.75. The number of rotatable bonds is 5. The molecule has 0 radical (unpaired) electrons. The molecular weight excluding hydrogens is 220 g/mol. The maximum Gasteiger partial charge on any atom is 0.110 e. The summed E-state index contributed by atoms with van der Waals surface area (Å²) in [5.74, 6) is 0. The van der Waals surface area contributed by atoms with Gasteiger partial charge in [0.25, 0.3) is 0 Å². The normalized spacial score (nSPS) is 22.5. The number of aromatic nitrogens is 1. The van der Waals surface area contributed by atoms with E-state index in [1.807, 2.05) is 6.92 Å². The molecule has 1 aromatic rings. The smallest absolute Gasteiger partial charge is 0.110 e. The third-order valence-corrected chi connectivity index (χ3v) is 4.09. The number of ether oxygens (including phenoxy) is 1. The Kier molecular flexibility index (Phi) is 4.32. The lowest BCUT2D eigenvalue weighted by molar-refractivity contribution is 0.103. The summed E-state index contributed by atoms with van der Waals surface area (Å²) in [6, 6.07) is 0.361. The lowest BCUT2D eigenvalue weighted by Crippen LogP contribution is -2.23. The van der Waals surface area contributed by atoms with Gasteiger partial charge < -0.3 is 10.1 Å². The zero-order valence-electron chi connectivity index (χ0n) is 10.0. The Labute approximate surface area is 101 Å². The fraction of sp³-hybridized carbons (Fsp3) is 0.750. The molecular formula is C12H20N2OS. The Hall–Kier alpha value is -0.450. The van der Waals surface area contributed by atoms with E-state index >= 15 is 0 Å². The van der Waals surface area contributed by atoms with Crippen molar-refractivity contribution in [2.75, 3.05) is 13.2 Å². The van der Waals surface area contributed by atoms with Gasteiger partial charge in [-0.3, -0.25) is 0 Å². The van der Waals surface area contributed by atoms with Crippen LogP contribution < -0.4 is 5.32 Å². The van der Waals surface area contributed by atoms with Gasteiger partial charge in [0.2, 0.25) is 0 Å². The minimum absolute atomic E-state index is 0.361. The van der Waals surface area contributed by atoms with E-state index in [1.165, 1.54) is 17.8 Å². The Morgan fingerprint density at radius 3 is 3.19 bits per heavy atom. The summed E-state index contributed by atoms with van der Waals surface area (Å²) in [6.07, 6.45) is 4.06. The van der Waals surface area contributed by atoms with E-state index in [0.717, 1.165) is 25.3 Å². The lowest BCUT2D eigenvalue weighted by atomic mass is 10.2. The molecule has 1 aliphatic rings. The standard InChI is InChI=1S/C12H20N2OS/c1-9-8-16-12(14-9)10(2)13-6-5-11-4-3-7-15-11/h8,10-11,13H,3-7H2,1-2H3. The predicted octanol–water partition coefficient (Wildman–Crippen LogP) is 2.67. The van der Waals surface area contributed by atoms with Crippen LogP contribution in [-0.2, 0) is 4.74 Å². The number of hydrogen-bond donors (Lipinski definition) is 1. The highest BCUT2D eigenvalue weighted by Crippen LogP contribution is 2.18. The second-order valence-corrected chi connectivity index (χ2v) is 5.32. The SMILES string of the molecule is Cc1csc(C(C)NCCC2CCCO2)n1. The van der Waals surface area contributed by atoms with Crippen molar-refractivity contribution in [3.05, 3.63) is 16.1 Å². The molecule has 2 atom stereocenters.